The maximum atomic E-state index is 12.2. The van der Waals surface area contributed by atoms with E-state index in [1.807, 2.05) is 0 Å². The Labute approximate surface area is 406 Å². The fraction of sp³-hybridized carbons (Fsp3) is 0.574. The lowest BCUT2D eigenvalue weighted by atomic mass is 10.1. The van der Waals surface area contributed by atoms with Gasteiger partial charge in [-0.25, -0.2) is 0 Å². The molecule has 0 fully saturated rings. The monoisotopic (exact) mass is 909 g/mol. The number of carbonyl (C=O) groups is 2. The Morgan fingerprint density at radius 2 is 0.652 bits per heavy atom. The Hall–Kier alpha value is -4.22. The summed E-state index contributed by atoms with van der Waals surface area (Å²) < 4.78 is 10.6. The van der Waals surface area contributed by atoms with Crippen LogP contribution in [0.25, 0.3) is 0 Å². The number of esters is 2. The van der Waals surface area contributed by atoms with Crippen LogP contribution in [0.2, 0.25) is 0 Å². The molecule has 5 heteroatoms. The van der Waals surface area contributed by atoms with Gasteiger partial charge in [-0.15, -0.1) is 0 Å². The van der Waals surface area contributed by atoms with Crippen LogP contribution >= 0.6 is 0 Å². The highest BCUT2D eigenvalue weighted by atomic mass is 16.6. The summed E-state index contributed by atoms with van der Waals surface area (Å²) in [5.41, 5.74) is 0. The van der Waals surface area contributed by atoms with Crippen molar-refractivity contribution in [3.8, 4) is 0 Å². The SMILES string of the molecule is CC/C=C\C/C=C\C/C=C\C/C=C\C/C=C\C/C=C\C/C=C\C/C=C\C/C=C\C/C=C\C/C=C\CCCCCCCCCC(=O)OC(CO)COC(=O)CCCCCCC/C=C\CCCC. The Balaban J connectivity index is 3.64. The zero-order valence-corrected chi connectivity index (χ0v) is 42.1. The molecule has 0 spiro atoms. The van der Waals surface area contributed by atoms with Crippen molar-refractivity contribution < 1.29 is 24.2 Å². The molecule has 1 atom stereocenters. The van der Waals surface area contributed by atoms with E-state index in [4.69, 9.17) is 9.47 Å². The van der Waals surface area contributed by atoms with E-state index < -0.39 is 6.10 Å². The van der Waals surface area contributed by atoms with Crippen molar-refractivity contribution in [2.45, 2.75) is 213 Å². The summed E-state index contributed by atoms with van der Waals surface area (Å²) in [6, 6.07) is 0. The first-order chi connectivity index (χ1) is 32.6. The maximum Gasteiger partial charge on any atom is 0.306 e. The van der Waals surface area contributed by atoms with Crippen LogP contribution < -0.4 is 0 Å². The second-order valence-electron chi connectivity index (χ2n) is 16.9. The first-order valence-electron chi connectivity index (χ1n) is 26.4. The van der Waals surface area contributed by atoms with Crippen LogP contribution in [0, 0.1) is 0 Å². The van der Waals surface area contributed by atoms with Crippen LogP contribution in [0.1, 0.15) is 206 Å². The molecule has 0 heterocycles. The van der Waals surface area contributed by atoms with E-state index in [9.17, 15) is 14.7 Å². The molecule has 66 heavy (non-hydrogen) atoms. The van der Waals surface area contributed by atoms with Crippen molar-refractivity contribution >= 4 is 11.9 Å². The number of rotatable bonds is 46. The minimum Gasteiger partial charge on any atom is -0.462 e. The molecule has 0 aliphatic carbocycles. The number of unbranched alkanes of at least 4 members (excludes halogenated alkanes) is 14. The molecule has 0 aromatic carbocycles. The van der Waals surface area contributed by atoms with Crippen molar-refractivity contribution in [3.63, 3.8) is 0 Å². The smallest absolute Gasteiger partial charge is 0.306 e. The third kappa shape index (κ3) is 52.4. The van der Waals surface area contributed by atoms with Crippen LogP contribution in [0.5, 0.6) is 0 Å². The average molecular weight is 909 g/mol. The van der Waals surface area contributed by atoms with Gasteiger partial charge in [-0.05, 0) is 116 Å². The molecule has 0 aromatic rings. The topological polar surface area (TPSA) is 72.8 Å². The molecule has 0 saturated carbocycles. The number of carbonyl (C=O) groups excluding carboxylic acids is 2. The molecule has 0 aliphatic heterocycles. The van der Waals surface area contributed by atoms with E-state index >= 15 is 0 Å². The highest BCUT2D eigenvalue weighted by Gasteiger charge is 2.16. The second-order valence-corrected chi connectivity index (χ2v) is 16.9. The van der Waals surface area contributed by atoms with Crippen LogP contribution in [-0.2, 0) is 19.1 Å². The van der Waals surface area contributed by atoms with Crippen molar-refractivity contribution in [2.24, 2.45) is 0 Å². The number of hydrogen-bond acceptors (Lipinski definition) is 5. The van der Waals surface area contributed by atoms with Crippen LogP contribution in [-0.4, -0.2) is 36.4 Å². The lowest BCUT2D eigenvalue weighted by molar-refractivity contribution is -0.161. The van der Waals surface area contributed by atoms with Gasteiger partial charge in [0.25, 0.3) is 0 Å². The van der Waals surface area contributed by atoms with Gasteiger partial charge in [0, 0.05) is 12.8 Å². The van der Waals surface area contributed by atoms with Gasteiger partial charge >= 0.3 is 11.9 Å². The lowest BCUT2D eigenvalue weighted by Gasteiger charge is -2.15. The Bertz CT molecular complexity index is 1450. The number of ether oxygens (including phenoxy) is 2. The minimum absolute atomic E-state index is 0.0826. The third-order valence-corrected chi connectivity index (χ3v) is 10.6. The van der Waals surface area contributed by atoms with Gasteiger partial charge < -0.3 is 14.6 Å². The summed E-state index contributed by atoms with van der Waals surface area (Å²) in [7, 11) is 0. The number of allylic oxidation sites excluding steroid dienone is 24. The first kappa shape index (κ1) is 61.8. The van der Waals surface area contributed by atoms with E-state index in [2.05, 4.69) is 160 Å². The predicted octanol–water partition coefficient (Wildman–Crippen LogP) is 17.9. The number of aliphatic hydroxyl groups excluding tert-OH is 1. The normalized spacial score (nSPS) is 13.4. The molecular weight excluding hydrogens is 813 g/mol. The van der Waals surface area contributed by atoms with Crippen molar-refractivity contribution in [1.82, 2.24) is 0 Å². The first-order valence-corrected chi connectivity index (χ1v) is 26.4. The van der Waals surface area contributed by atoms with Gasteiger partial charge in [-0.3, -0.25) is 9.59 Å². The lowest BCUT2D eigenvalue weighted by Crippen LogP contribution is -2.28. The summed E-state index contributed by atoms with van der Waals surface area (Å²) in [5.74, 6) is -0.626. The molecule has 0 aliphatic rings. The molecule has 1 unspecified atom stereocenters. The molecular formula is C61H96O5. The molecule has 0 saturated heterocycles. The second kappa shape index (κ2) is 55.1. The molecule has 1 N–H and O–H groups in total. The molecule has 5 nitrogen and oxygen atoms in total. The molecule has 0 radical (unpaired) electrons. The zero-order chi connectivity index (χ0) is 47.7. The van der Waals surface area contributed by atoms with Crippen LogP contribution in [0.15, 0.2) is 146 Å². The molecule has 0 rings (SSSR count). The van der Waals surface area contributed by atoms with E-state index in [1.54, 1.807) is 0 Å². The van der Waals surface area contributed by atoms with E-state index in [0.717, 1.165) is 122 Å². The maximum absolute atomic E-state index is 12.2. The highest BCUT2D eigenvalue weighted by molar-refractivity contribution is 5.70. The van der Waals surface area contributed by atoms with Gasteiger partial charge in [0.2, 0.25) is 0 Å². The molecule has 0 amide bonds. The molecule has 0 aromatic heterocycles. The van der Waals surface area contributed by atoms with Gasteiger partial charge in [0.15, 0.2) is 6.10 Å². The summed E-state index contributed by atoms with van der Waals surface area (Å²) in [5, 5.41) is 9.59. The summed E-state index contributed by atoms with van der Waals surface area (Å²) in [4.78, 5) is 24.3. The van der Waals surface area contributed by atoms with Gasteiger partial charge in [0.1, 0.15) is 6.61 Å². The Kier molecular flexibility index (Phi) is 51.6. The number of hydrogen-bond donors (Lipinski definition) is 1. The third-order valence-electron chi connectivity index (χ3n) is 10.6. The molecule has 0 bridgehead atoms. The quantitative estimate of drug-likeness (QED) is 0.0374. The highest BCUT2D eigenvalue weighted by Crippen LogP contribution is 2.12. The standard InChI is InChI=1S/C61H96O5/c1-3-5-7-9-11-13-15-16-17-18-19-20-21-22-23-24-25-26-27-28-29-30-31-32-33-34-35-36-37-38-39-40-41-42-43-44-46-48-50-52-54-56-61(64)66-59(57-62)58-65-60(63)55-53-51-49-47-45-14-12-10-8-6-4-2/h5,7,10-13,16-17,19-20,22-23,25-26,28-29,31-32,34-35,37-38,40-41,59,62H,3-4,6,8-9,14-15,18,21,24,27,30,33,36,39,42-58H2,1-2H3/b7-5-,12-10-,13-11-,17-16-,20-19-,23-22-,26-25-,29-28-,32-31-,35-34-,38-37-,41-40-. The van der Waals surface area contributed by atoms with Gasteiger partial charge in [-0.1, -0.05) is 224 Å². The average Bonchev–Trinajstić information content (AvgIpc) is 3.32. The van der Waals surface area contributed by atoms with Crippen molar-refractivity contribution in [3.05, 3.63) is 146 Å². The zero-order valence-electron chi connectivity index (χ0n) is 42.1. The fourth-order valence-electron chi connectivity index (χ4n) is 6.66. The molecule has 370 valence electrons. The van der Waals surface area contributed by atoms with Crippen LogP contribution in [0.3, 0.4) is 0 Å². The summed E-state index contributed by atoms with van der Waals surface area (Å²) in [6.07, 6.45) is 83.8. The van der Waals surface area contributed by atoms with Crippen molar-refractivity contribution in [2.75, 3.05) is 13.2 Å². The van der Waals surface area contributed by atoms with Gasteiger partial charge in [-0.2, -0.15) is 0 Å². The van der Waals surface area contributed by atoms with E-state index in [-0.39, 0.29) is 25.2 Å². The summed E-state index contributed by atoms with van der Waals surface area (Å²) in [6.45, 7) is 3.95. The van der Waals surface area contributed by atoms with E-state index in [0.29, 0.717) is 12.8 Å². The predicted molar refractivity (Wildman–Crippen MR) is 287 cm³/mol. The summed E-state index contributed by atoms with van der Waals surface area (Å²) >= 11 is 0. The van der Waals surface area contributed by atoms with Gasteiger partial charge in [0.05, 0.1) is 6.61 Å². The fourth-order valence-corrected chi connectivity index (χ4v) is 6.66. The van der Waals surface area contributed by atoms with Crippen LogP contribution in [0.4, 0.5) is 0 Å². The Morgan fingerprint density at radius 3 is 1.00 bits per heavy atom. The largest absolute Gasteiger partial charge is 0.462 e. The Morgan fingerprint density at radius 1 is 0.364 bits per heavy atom. The number of aliphatic hydroxyl groups is 1. The van der Waals surface area contributed by atoms with E-state index in [1.165, 1.54) is 57.8 Å². The van der Waals surface area contributed by atoms with Crippen molar-refractivity contribution in [1.29, 1.82) is 0 Å². The minimum atomic E-state index is -0.789.